The number of para-hydroxylation sites is 1. The summed E-state index contributed by atoms with van der Waals surface area (Å²) in [5.41, 5.74) is 11.5. The summed E-state index contributed by atoms with van der Waals surface area (Å²) < 4.78 is 54.9. The van der Waals surface area contributed by atoms with Gasteiger partial charge in [0.15, 0.2) is 11.3 Å². The number of nitrogen functional groups attached to an aromatic ring is 1. The van der Waals surface area contributed by atoms with E-state index in [-0.39, 0.29) is 24.6 Å². The SMILES string of the molecule is CCc1cnn2c(NCc3ccc(OCCOCCOCCOCCOCCOCCOCCOC/C=C/C(=O)N4CCC[C@@H](n5nc(-c6ccc(Oc7ccccc7)cc6)c6c(N)ncnc65)C4)nc3)cc(N3CCCC[C@H]3CCO)nc12. The van der Waals surface area contributed by atoms with Crippen molar-refractivity contribution in [2.75, 3.05) is 141 Å². The van der Waals surface area contributed by atoms with Crippen molar-refractivity contribution in [2.45, 2.75) is 70.5 Å². The molecule has 0 radical (unpaired) electrons. The van der Waals surface area contributed by atoms with Crippen LogP contribution in [0.3, 0.4) is 0 Å². The molecule has 0 saturated carbocycles. The van der Waals surface area contributed by atoms with E-state index < -0.39 is 0 Å². The molecule has 450 valence electrons. The summed E-state index contributed by atoms with van der Waals surface area (Å²) in [6.45, 7) is 11.3. The van der Waals surface area contributed by atoms with E-state index in [0.29, 0.717) is 153 Å². The number of pyridine rings is 1. The second-order valence-electron chi connectivity index (χ2n) is 20.2. The van der Waals surface area contributed by atoms with Gasteiger partial charge in [-0.15, -0.1) is 0 Å². The van der Waals surface area contributed by atoms with Crippen molar-refractivity contribution in [3.63, 3.8) is 0 Å². The molecule has 84 heavy (non-hydrogen) atoms. The average Bonchev–Trinajstić information content (AvgIpc) is 2.30. The average molecular weight is 1160 g/mol. The summed E-state index contributed by atoms with van der Waals surface area (Å²) in [6, 6.07) is 23.4. The number of carbonyl (C=O) groups is 1. The van der Waals surface area contributed by atoms with Gasteiger partial charge in [0.05, 0.1) is 110 Å². The summed E-state index contributed by atoms with van der Waals surface area (Å²) in [7, 11) is 0. The normalized spacial score (nSPS) is 15.6. The number of rotatable bonds is 36. The van der Waals surface area contributed by atoms with Crippen molar-refractivity contribution in [1.29, 1.82) is 0 Å². The zero-order valence-electron chi connectivity index (χ0n) is 48.1. The highest BCUT2D eigenvalue weighted by atomic mass is 16.6. The molecule has 2 aromatic carbocycles. The van der Waals surface area contributed by atoms with E-state index in [1.54, 1.807) is 18.3 Å². The predicted molar refractivity (Wildman–Crippen MR) is 318 cm³/mol. The van der Waals surface area contributed by atoms with E-state index >= 15 is 0 Å². The zero-order valence-corrected chi connectivity index (χ0v) is 48.1. The second kappa shape index (κ2) is 33.2. The molecule has 9 rings (SSSR count). The summed E-state index contributed by atoms with van der Waals surface area (Å²) in [6.07, 6.45) is 15.0. The quantitative estimate of drug-likeness (QED) is 0.0261. The monoisotopic (exact) mass is 1160 g/mol. The van der Waals surface area contributed by atoms with Gasteiger partial charge in [-0.25, -0.2) is 24.6 Å². The number of amides is 1. The number of nitrogens with one attached hydrogen (secondary N) is 1. The maximum atomic E-state index is 13.2. The maximum Gasteiger partial charge on any atom is 0.246 e. The lowest BCUT2D eigenvalue weighted by molar-refractivity contribution is -0.127. The minimum Gasteiger partial charge on any atom is -0.475 e. The molecule has 0 bridgehead atoms. The standard InChI is InChI=1S/C61H80N12O11/c1-2-47-43-67-73-53(40-54(68-60(47)73)71-23-7-6-10-49(71)21-24-74)63-41-46-15-20-55(64-42-46)83-39-38-82-37-36-81-35-34-80-33-32-79-31-30-78-29-28-77-27-26-76-25-9-14-56(75)70-22-8-11-50(44-70)72-61-57(59(62)65-45-66-61)58(69-72)48-16-18-52(19-17-48)84-51-12-4-3-5-13-51/h3-5,9,12-20,40,42-43,45,49-50,63,74H,2,6-8,10-11,21-39,41,44H2,1H3,(H2,62,65,66)/b14-9+/t49-,50+/m0/s1. The first-order chi connectivity index (χ1) is 41.4. The van der Waals surface area contributed by atoms with Crippen molar-refractivity contribution in [3.8, 4) is 28.6 Å². The number of ether oxygens (including phenoxy) is 9. The Hall–Kier alpha value is -7.35. The van der Waals surface area contributed by atoms with Gasteiger partial charge in [0.25, 0.3) is 0 Å². The fraction of sp³-hybridized carbons (Fsp3) is 0.492. The molecule has 0 spiro atoms. The Balaban J connectivity index is 0.540. The third kappa shape index (κ3) is 17.8. The summed E-state index contributed by atoms with van der Waals surface area (Å²) >= 11 is 0. The van der Waals surface area contributed by atoms with Crippen LogP contribution in [0.5, 0.6) is 17.4 Å². The number of hydrogen-bond acceptors (Lipinski definition) is 20. The van der Waals surface area contributed by atoms with Crippen LogP contribution in [0.2, 0.25) is 0 Å². The Morgan fingerprint density at radius 2 is 1.43 bits per heavy atom. The summed E-state index contributed by atoms with van der Waals surface area (Å²) in [5.74, 6) is 4.02. The fourth-order valence-corrected chi connectivity index (χ4v) is 10.1. The number of anilines is 3. The molecule has 7 heterocycles. The van der Waals surface area contributed by atoms with Gasteiger partial charge in [0.2, 0.25) is 11.8 Å². The molecule has 4 N–H and O–H groups in total. The molecule has 0 unspecified atom stereocenters. The number of carbonyl (C=O) groups excluding carboxylic acids is 1. The number of likely N-dealkylation sites (tertiary alicyclic amines) is 1. The molecular formula is C61H80N12O11. The number of aryl methyl sites for hydroxylation is 1. The Morgan fingerprint density at radius 1 is 0.738 bits per heavy atom. The van der Waals surface area contributed by atoms with Crippen LogP contribution in [-0.2, 0) is 50.9 Å². The van der Waals surface area contributed by atoms with Crippen LogP contribution in [0, 0.1) is 0 Å². The van der Waals surface area contributed by atoms with E-state index in [2.05, 4.69) is 43.3 Å². The minimum absolute atomic E-state index is 0.0831. The van der Waals surface area contributed by atoms with Gasteiger partial charge in [-0.3, -0.25) is 4.79 Å². The molecule has 23 heteroatoms. The summed E-state index contributed by atoms with van der Waals surface area (Å²) in [4.78, 5) is 35.8. The Morgan fingerprint density at radius 3 is 2.11 bits per heavy atom. The minimum atomic E-state index is -0.0910. The topological polar surface area (TPSA) is 252 Å². The van der Waals surface area contributed by atoms with Crippen LogP contribution in [0.1, 0.15) is 62.6 Å². The highest BCUT2D eigenvalue weighted by molar-refractivity contribution is 5.98. The first-order valence-electron chi connectivity index (χ1n) is 29.3. The lowest BCUT2D eigenvalue weighted by Gasteiger charge is -2.36. The molecule has 1 amide bonds. The number of aliphatic hydroxyl groups excluding tert-OH is 1. The number of fused-ring (bicyclic) bond motifs is 2. The molecule has 0 aliphatic carbocycles. The molecule has 5 aromatic heterocycles. The van der Waals surface area contributed by atoms with E-state index in [1.807, 2.05) is 87.0 Å². The first-order valence-corrected chi connectivity index (χ1v) is 29.3. The van der Waals surface area contributed by atoms with Crippen LogP contribution < -0.4 is 25.4 Å². The number of piperidine rings is 2. The van der Waals surface area contributed by atoms with Gasteiger partial charge in [0, 0.05) is 74.4 Å². The maximum absolute atomic E-state index is 13.2. The fourth-order valence-electron chi connectivity index (χ4n) is 10.1. The van der Waals surface area contributed by atoms with Gasteiger partial charge in [-0.1, -0.05) is 37.3 Å². The van der Waals surface area contributed by atoms with Gasteiger partial charge in [-0.2, -0.15) is 14.7 Å². The molecule has 7 aromatic rings. The van der Waals surface area contributed by atoms with Crippen molar-refractivity contribution in [2.24, 2.45) is 0 Å². The third-order valence-corrected chi connectivity index (χ3v) is 14.4. The molecule has 23 nitrogen and oxygen atoms in total. The summed E-state index contributed by atoms with van der Waals surface area (Å²) in [5, 5.41) is 23.6. The van der Waals surface area contributed by atoms with Gasteiger partial charge < -0.3 is 68.6 Å². The van der Waals surface area contributed by atoms with Crippen molar-refractivity contribution < 1.29 is 52.5 Å². The van der Waals surface area contributed by atoms with Crippen molar-refractivity contribution >= 4 is 40.0 Å². The number of hydrogen-bond donors (Lipinski definition) is 3. The predicted octanol–water partition coefficient (Wildman–Crippen LogP) is 7.14. The molecule has 2 atom stereocenters. The lowest BCUT2D eigenvalue weighted by atomic mass is 9.99. The van der Waals surface area contributed by atoms with E-state index in [0.717, 1.165) is 84.8 Å². The Bertz CT molecular complexity index is 3090. The van der Waals surface area contributed by atoms with Crippen LogP contribution in [0.25, 0.3) is 27.9 Å². The molecule has 2 fully saturated rings. The van der Waals surface area contributed by atoms with E-state index in [4.69, 9.17) is 58.4 Å². The highest BCUT2D eigenvalue weighted by Crippen LogP contribution is 2.35. The van der Waals surface area contributed by atoms with Crippen molar-refractivity contribution in [3.05, 3.63) is 115 Å². The largest absolute Gasteiger partial charge is 0.475 e. The number of benzene rings is 2. The number of aromatic nitrogens is 8. The van der Waals surface area contributed by atoms with Crippen LogP contribution in [0.4, 0.5) is 17.5 Å². The first kappa shape index (κ1) is 61.2. The van der Waals surface area contributed by atoms with Crippen LogP contribution in [0.15, 0.2) is 104 Å². The third-order valence-electron chi connectivity index (χ3n) is 14.4. The highest BCUT2D eigenvalue weighted by Gasteiger charge is 2.29. The van der Waals surface area contributed by atoms with Crippen LogP contribution >= 0.6 is 0 Å². The van der Waals surface area contributed by atoms with Crippen molar-refractivity contribution in [1.82, 2.24) is 44.2 Å². The molecular weight excluding hydrogens is 1080 g/mol. The van der Waals surface area contributed by atoms with Gasteiger partial charge in [-0.05, 0) is 86.9 Å². The number of nitrogens with zero attached hydrogens (tertiary/aromatic N) is 10. The van der Waals surface area contributed by atoms with Crippen LogP contribution in [-0.4, -0.2) is 187 Å². The Kier molecular flexibility index (Phi) is 24.2. The zero-order chi connectivity index (χ0) is 58.0. The second-order valence-corrected chi connectivity index (χ2v) is 20.2. The molecule has 2 aliphatic rings. The van der Waals surface area contributed by atoms with E-state index in [9.17, 15) is 9.90 Å². The smallest absolute Gasteiger partial charge is 0.246 e. The van der Waals surface area contributed by atoms with Gasteiger partial charge >= 0.3 is 0 Å². The Labute approximate surface area is 490 Å². The van der Waals surface area contributed by atoms with Gasteiger partial charge in [0.1, 0.15) is 47.6 Å². The number of nitrogens with two attached hydrogens (primary N) is 1. The van der Waals surface area contributed by atoms with E-state index in [1.165, 1.54) is 12.7 Å². The molecule has 2 aliphatic heterocycles. The molecule has 2 saturated heterocycles. The lowest BCUT2D eigenvalue weighted by Crippen LogP contribution is -2.40. The number of aliphatic hydroxyl groups is 1.